The minimum Gasteiger partial charge on any atom is -0.462 e. The van der Waals surface area contributed by atoms with Gasteiger partial charge < -0.3 is 20.1 Å². The summed E-state index contributed by atoms with van der Waals surface area (Å²) in [4.78, 5) is 35.1. The van der Waals surface area contributed by atoms with Gasteiger partial charge in [-0.2, -0.15) is 0 Å². The third-order valence-corrected chi connectivity index (χ3v) is 13.2. The molecule has 2 atom stereocenters. The number of rotatable bonds is 52. The summed E-state index contributed by atoms with van der Waals surface area (Å²) in [6.45, 7) is 3.81. The third-order valence-electron chi connectivity index (χ3n) is 12.2. The molecule has 0 aliphatic carbocycles. The van der Waals surface area contributed by atoms with Crippen LogP contribution in [0.25, 0.3) is 0 Å². The Morgan fingerprint density at radius 2 is 0.694 bits per heavy atom. The molecule has 9 nitrogen and oxygen atoms in total. The van der Waals surface area contributed by atoms with E-state index >= 15 is 0 Å². The van der Waals surface area contributed by atoms with Crippen molar-refractivity contribution in [2.24, 2.45) is 5.73 Å². The maximum absolute atomic E-state index is 12.7. The predicted molar refractivity (Wildman–Crippen MR) is 262 cm³/mol. The number of esters is 2. The number of unbranched alkanes of at least 4 members (excludes halogenated alkanes) is 39. The van der Waals surface area contributed by atoms with Gasteiger partial charge >= 0.3 is 19.8 Å². The number of carbonyl (C=O) groups is 2. The molecule has 0 saturated carbocycles. The third kappa shape index (κ3) is 48.5. The molecule has 0 bridgehead atoms. The molecule has 10 heteroatoms. The van der Waals surface area contributed by atoms with Crippen molar-refractivity contribution in [1.29, 1.82) is 0 Å². The number of phosphoric acid groups is 1. The first-order valence-electron chi connectivity index (χ1n) is 27.0. The second-order valence-electron chi connectivity index (χ2n) is 18.5. The lowest BCUT2D eigenvalue weighted by atomic mass is 10.0. The van der Waals surface area contributed by atoms with Crippen LogP contribution in [0.15, 0.2) is 0 Å². The Morgan fingerprint density at radius 3 is 0.984 bits per heavy atom. The van der Waals surface area contributed by atoms with E-state index in [-0.39, 0.29) is 38.6 Å². The Bertz CT molecular complexity index is 984. The molecule has 0 fully saturated rings. The number of phosphoric ester groups is 1. The van der Waals surface area contributed by atoms with Crippen molar-refractivity contribution in [2.45, 2.75) is 296 Å². The van der Waals surface area contributed by atoms with Gasteiger partial charge in [0.1, 0.15) is 6.61 Å². The van der Waals surface area contributed by atoms with Crippen molar-refractivity contribution >= 4 is 19.8 Å². The average Bonchev–Trinajstić information content (AvgIpc) is 3.26. The van der Waals surface area contributed by atoms with E-state index in [9.17, 15) is 19.0 Å². The summed E-state index contributed by atoms with van der Waals surface area (Å²) in [5, 5.41) is 0. The Balaban J connectivity index is 3.94. The molecule has 3 N–H and O–H groups in total. The molecule has 0 spiro atoms. The molecule has 0 aliphatic rings. The molecule has 370 valence electrons. The van der Waals surface area contributed by atoms with Crippen LogP contribution in [0.1, 0.15) is 290 Å². The van der Waals surface area contributed by atoms with E-state index in [1.807, 2.05) is 0 Å². The molecular formula is C52H104NO8P. The van der Waals surface area contributed by atoms with Crippen LogP contribution in [-0.2, 0) is 32.7 Å². The van der Waals surface area contributed by atoms with Crippen molar-refractivity contribution in [3.8, 4) is 0 Å². The number of carbonyl (C=O) groups excluding carboxylic acids is 2. The maximum Gasteiger partial charge on any atom is 0.472 e. The summed E-state index contributed by atoms with van der Waals surface area (Å²) >= 11 is 0. The van der Waals surface area contributed by atoms with Gasteiger partial charge in [-0.3, -0.25) is 18.6 Å². The van der Waals surface area contributed by atoms with E-state index in [0.29, 0.717) is 6.42 Å². The summed E-state index contributed by atoms with van der Waals surface area (Å²) in [7, 11) is -4.38. The van der Waals surface area contributed by atoms with Crippen molar-refractivity contribution < 1.29 is 37.6 Å². The Labute approximate surface area is 384 Å². The van der Waals surface area contributed by atoms with E-state index < -0.39 is 26.5 Å². The molecule has 0 saturated heterocycles. The van der Waals surface area contributed by atoms with Crippen LogP contribution in [-0.4, -0.2) is 49.3 Å². The summed E-state index contributed by atoms with van der Waals surface area (Å²) in [6, 6.07) is 0. The van der Waals surface area contributed by atoms with E-state index in [2.05, 4.69) is 13.8 Å². The lowest BCUT2D eigenvalue weighted by Gasteiger charge is -2.19. The molecule has 0 heterocycles. The summed E-state index contributed by atoms with van der Waals surface area (Å²) < 4.78 is 33.0. The number of ether oxygens (including phenoxy) is 2. The normalized spacial score (nSPS) is 13.0. The highest BCUT2D eigenvalue weighted by Gasteiger charge is 2.26. The molecule has 0 rings (SSSR count). The zero-order valence-electron chi connectivity index (χ0n) is 41.1. The Hall–Kier alpha value is -0.990. The first-order valence-corrected chi connectivity index (χ1v) is 28.5. The van der Waals surface area contributed by atoms with Crippen molar-refractivity contribution in [3.05, 3.63) is 0 Å². The summed E-state index contributed by atoms with van der Waals surface area (Å²) in [5.41, 5.74) is 5.37. The van der Waals surface area contributed by atoms with Crippen LogP contribution in [0.2, 0.25) is 0 Å². The lowest BCUT2D eigenvalue weighted by molar-refractivity contribution is -0.161. The van der Waals surface area contributed by atoms with Crippen molar-refractivity contribution in [2.75, 3.05) is 26.4 Å². The molecule has 0 aromatic carbocycles. The van der Waals surface area contributed by atoms with Crippen molar-refractivity contribution in [3.63, 3.8) is 0 Å². The van der Waals surface area contributed by atoms with E-state index in [1.54, 1.807) is 0 Å². The fourth-order valence-corrected chi connectivity index (χ4v) is 8.99. The zero-order chi connectivity index (χ0) is 45.3. The fraction of sp³-hybridized carbons (Fsp3) is 0.962. The van der Waals surface area contributed by atoms with Gasteiger partial charge in [-0.1, -0.05) is 264 Å². The largest absolute Gasteiger partial charge is 0.472 e. The van der Waals surface area contributed by atoms with E-state index in [0.717, 1.165) is 32.1 Å². The van der Waals surface area contributed by atoms with E-state index in [4.69, 9.17) is 24.3 Å². The van der Waals surface area contributed by atoms with Crippen LogP contribution >= 0.6 is 7.82 Å². The molecule has 0 amide bonds. The quantitative estimate of drug-likeness (QED) is 0.0347. The van der Waals surface area contributed by atoms with Crippen LogP contribution in [0.5, 0.6) is 0 Å². The SMILES string of the molecule is CCCCCCCCCCCCCCCCCCCCCCCCCC(=O)OCC(COP(=O)(O)OCCN)OC(=O)CCCCCCCCCCCCCCCCCCCC. The Morgan fingerprint density at radius 1 is 0.419 bits per heavy atom. The van der Waals surface area contributed by atoms with Crippen LogP contribution < -0.4 is 5.73 Å². The fourth-order valence-electron chi connectivity index (χ4n) is 8.23. The second-order valence-corrected chi connectivity index (χ2v) is 19.9. The van der Waals surface area contributed by atoms with Gasteiger partial charge in [-0.25, -0.2) is 4.57 Å². The molecule has 0 radical (unpaired) electrons. The van der Waals surface area contributed by atoms with E-state index in [1.165, 1.54) is 225 Å². The smallest absolute Gasteiger partial charge is 0.462 e. The predicted octanol–water partition coefficient (Wildman–Crippen LogP) is 16.3. The van der Waals surface area contributed by atoms with Gasteiger partial charge in [0.25, 0.3) is 0 Å². The molecule has 62 heavy (non-hydrogen) atoms. The van der Waals surface area contributed by atoms with Crippen LogP contribution in [0.4, 0.5) is 0 Å². The monoisotopic (exact) mass is 902 g/mol. The van der Waals surface area contributed by atoms with Gasteiger partial charge in [-0.05, 0) is 12.8 Å². The second kappa shape index (κ2) is 49.4. The lowest BCUT2D eigenvalue weighted by Crippen LogP contribution is -2.29. The Kier molecular flexibility index (Phi) is 48.7. The average molecular weight is 902 g/mol. The number of hydrogen-bond donors (Lipinski definition) is 2. The maximum atomic E-state index is 12.7. The number of hydrogen-bond acceptors (Lipinski definition) is 8. The van der Waals surface area contributed by atoms with Crippen molar-refractivity contribution in [1.82, 2.24) is 0 Å². The zero-order valence-corrected chi connectivity index (χ0v) is 42.0. The van der Waals surface area contributed by atoms with Gasteiger partial charge in [-0.15, -0.1) is 0 Å². The van der Waals surface area contributed by atoms with Gasteiger partial charge in [0.05, 0.1) is 13.2 Å². The van der Waals surface area contributed by atoms with Gasteiger partial charge in [0.15, 0.2) is 6.10 Å². The highest BCUT2D eigenvalue weighted by molar-refractivity contribution is 7.47. The summed E-state index contributed by atoms with van der Waals surface area (Å²) in [5.74, 6) is -0.804. The highest BCUT2D eigenvalue weighted by atomic mass is 31.2. The standard InChI is InChI=1S/C52H104NO8P/c1-3-5-7-9-11-13-15-17-19-21-23-24-25-26-27-29-30-32-34-36-38-40-42-44-51(54)58-48-50(49-60-62(56,57)59-47-46-53)61-52(55)45-43-41-39-37-35-33-31-28-22-20-18-16-14-12-10-8-6-4-2/h50H,3-49,53H2,1-2H3,(H,56,57). The van der Waals surface area contributed by atoms with Crippen LogP contribution in [0, 0.1) is 0 Å². The molecule has 0 aromatic rings. The topological polar surface area (TPSA) is 134 Å². The molecular weight excluding hydrogens is 798 g/mol. The first kappa shape index (κ1) is 61.0. The first-order chi connectivity index (χ1) is 30.3. The van der Waals surface area contributed by atoms with Gasteiger partial charge in [0.2, 0.25) is 0 Å². The molecule has 2 unspecified atom stereocenters. The minimum absolute atomic E-state index is 0.0585. The highest BCUT2D eigenvalue weighted by Crippen LogP contribution is 2.43. The molecule has 0 aromatic heterocycles. The van der Waals surface area contributed by atoms with Crippen LogP contribution in [0.3, 0.4) is 0 Å². The summed E-state index contributed by atoms with van der Waals surface area (Å²) in [6.07, 6.45) is 52.9. The number of nitrogens with two attached hydrogens (primary N) is 1. The minimum atomic E-state index is -4.38. The van der Waals surface area contributed by atoms with Gasteiger partial charge in [0, 0.05) is 19.4 Å². The molecule has 0 aliphatic heterocycles.